The highest BCUT2D eigenvalue weighted by Crippen LogP contribution is 2.35. The molecule has 3 heterocycles. The molecule has 0 atom stereocenters. The number of ether oxygens (including phenoxy) is 2. The first kappa shape index (κ1) is 18.3. The molecule has 0 radical (unpaired) electrons. The number of anilines is 2. The van der Waals surface area contributed by atoms with Crippen molar-refractivity contribution in [2.24, 2.45) is 0 Å². The first-order valence-electron chi connectivity index (χ1n) is 9.26. The number of benzene rings is 2. The molecule has 1 aliphatic heterocycles. The molecule has 2 N–H and O–H groups in total. The number of nitrogens with one attached hydrogen (secondary N) is 2. The van der Waals surface area contributed by atoms with Gasteiger partial charge in [-0.1, -0.05) is 18.2 Å². The van der Waals surface area contributed by atoms with Gasteiger partial charge in [-0.15, -0.1) is 11.3 Å². The second kappa shape index (κ2) is 7.57. The molecule has 0 bridgehead atoms. The van der Waals surface area contributed by atoms with E-state index in [9.17, 15) is 9.59 Å². The lowest BCUT2D eigenvalue weighted by Gasteiger charge is -2.18. The van der Waals surface area contributed by atoms with E-state index in [2.05, 4.69) is 10.6 Å². The van der Waals surface area contributed by atoms with Gasteiger partial charge in [-0.2, -0.15) is 0 Å². The lowest BCUT2D eigenvalue weighted by molar-refractivity contribution is 0.0999. The Morgan fingerprint density at radius 1 is 0.867 bits per heavy atom. The van der Waals surface area contributed by atoms with Crippen LogP contribution in [0.2, 0.25) is 0 Å². The molecule has 0 aliphatic carbocycles. The van der Waals surface area contributed by atoms with E-state index in [0.717, 1.165) is 0 Å². The monoisotopic (exact) mass is 420 g/mol. The first-order chi connectivity index (χ1) is 14.7. The number of furan rings is 1. The van der Waals surface area contributed by atoms with Crippen LogP contribution in [-0.2, 0) is 0 Å². The Hall–Kier alpha value is -3.78. The first-order valence-corrected chi connectivity index (χ1v) is 10.1. The predicted octanol–water partition coefficient (Wildman–Crippen LogP) is 4.77. The fourth-order valence-electron chi connectivity index (χ4n) is 3.22. The van der Waals surface area contributed by atoms with Crippen molar-refractivity contribution >= 4 is 45.5 Å². The highest BCUT2D eigenvalue weighted by atomic mass is 32.1. The number of para-hydroxylation sites is 1. The van der Waals surface area contributed by atoms with Gasteiger partial charge >= 0.3 is 0 Å². The fraction of sp³-hybridized carbons (Fsp3) is 0.0909. The third-order valence-corrected chi connectivity index (χ3v) is 5.45. The van der Waals surface area contributed by atoms with E-state index in [0.29, 0.717) is 51.9 Å². The number of rotatable bonds is 4. The molecule has 2 aromatic heterocycles. The number of carbonyl (C=O) groups is 2. The van der Waals surface area contributed by atoms with Crippen LogP contribution in [0.4, 0.5) is 11.4 Å². The average Bonchev–Trinajstić information content (AvgIpc) is 3.42. The maximum Gasteiger partial charge on any atom is 0.293 e. The maximum atomic E-state index is 13.0. The maximum absolute atomic E-state index is 13.0. The van der Waals surface area contributed by atoms with E-state index in [1.54, 1.807) is 48.5 Å². The molecule has 0 saturated heterocycles. The van der Waals surface area contributed by atoms with E-state index < -0.39 is 5.91 Å². The Balaban J connectivity index is 1.47. The highest BCUT2D eigenvalue weighted by molar-refractivity contribution is 7.12. The molecule has 2 amide bonds. The minimum Gasteiger partial charge on any atom is -0.486 e. The normalized spacial score (nSPS) is 12.5. The lowest BCUT2D eigenvalue weighted by Crippen LogP contribution is -2.18. The second-order valence-corrected chi connectivity index (χ2v) is 7.49. The summed E-state index contributed by atoms with van der Waals surface area (Å²) in [6.45, 7) is 0.942. The minimum absolute atomic E-state index is 0.0241. The Kier molecular flexibility index (Phi) is 4.61. The summed E-state index contributed by atoms with van der Waals surface area (Å²) >= 11 is 1.32. The van der Waals surface area contributed by atoms with E-state index in [4.69, 9.17) is 13.9 Å². The number of fused-ring (bicyclic) bond motifs is 2. The van der Waals surface area contributed by atoms with Crippen molar-refractivity contribution in [1.82, 2.24) is 0 Å². The van der Waals surface area contributed by atoms with Crippen LogP contribution in [-0.4, -0.2) is 25.0 Å². The number of thiophene rings is 1. The lowest BCUT2D eigenvalue weighted by atomic mass is 10.2. The van der Waals surface area contributed by atoms with Gasteiger partial charge in [-0.3, -0.25) is 9.59 Å². The van der Waals surface area contributed by atoms with Crippen LogP contribution in [0.25, 0.3) is 11.0 Å². The molecule has 1 aliphatic rings. The number of hydrogen-bond donors (Lipinski definition) is 2. The summed E-state index contributed by atoms with van der Waals surface area (Å²) in [5.74, 6) is 0.437. The predicted molar refractivity (Wildman–Crippen MR) is 114 cm³/mol. The summed E-state index contributed by atoms with van der Waals surface area (Å²) in [4.78, 5) is 26.2. The molecule has 0 unspecified atom stereocenters. The minimum atomic E-state index is -0.482. The molecule has 5 rings (SSSR count). The van der Waals surface area contributed by atoms with Crippen LogP contribution in [0.3, 0.4) is 0 Å². The van der Waals surface area contributed by atoms with Gasteiger partial charge in [0.2, 0.25) is 5.76 Å². The molecule has 2 aromatic carbocycles. The summed E-state index contributed by atoms with van der Waals surface area (Å²) in [7, 11) is 0. The van der Waals surface area contributed by atoms with E-state index in [1.165, 1.54) is 11.3 Å². The van der Waals surface area contributed by atoms with Crippen molar-refractivity contribution in [3.63, 3.8) is 0 Å². The third-order valence-electron chi connectivity index (χ3n) is 4.59. The van der Waals surface area contributed by atoms with Gasteiger partial charge in [0.25, 0.3) is 11.8 Å². The standard InChI is InChI=1S/C22H16N2O5S/c25-21(18-6-3-11-30-18)24-19-14-4-1-2-5-15(14)29-20(19)22(26)23-13-7-8-16-17(12-13)28-10-9-27-16/h1-8,11-12H,9-10H2,(H,23,26)(H,24,25). The van der Waals surface area contributed by atoms with Crippen molar-refractivity contribution in [2.45, 2.75) is 0 Å². The van der Waals surface area contributed by atoms with Crippen LogP contribution in [0.5, 0.6) is 11.5 Å². The van der Waals surface area contributed by atoms with Crippen LogP contribution in [0, 0.1) is 0 Å². The average molecular weight is 420 g/mol. The Labute approximate surface area is 175 Å². The molecule has 7 nitrogen and oxygen atoms in total. The van der Waals surface area contributed by atoms with Crippen LogP contribution in [0.1, 0.15) is 20.2 Å². The number of carbonyl (C=O) groups excluding carboxylic acids is 2. The van der Waals surface area contributed by atoms with Gasteiger partial charge in [-0.25, -0.2) is 0 Å². The molecule has 30 heavy (non-hydrogen) atoms. The summed E-state index contributed by atoms with van der Waals surface area (Å²) in [6.07, 6.45) is 0. The van der Waals surface area contributed by atoms with Gasteiger partial charge in [0, 0.05) is 17.1 Å². The quantitative estimate of drug-likeness (QED) is 0.496. The smallest absolute Gasteiger partial charge is 0.293 e. The molecule has 150 valence electrons. The van der Waals surface area contributed by atoms with E-state index >= 15 is 0 Å². The highest BCUT2D eigenvalue weighted by Gasteiger charge is 2.23. The van der Waals surface area contributed by atoms with Crippen molar-refractivity contribution in [3.05, 3.63) is 70.6 Å². The molecule has 0 spiro atoms. The molecule has 8 heteroatoms. The third kappa shape index (κ3) is 3.37. The van der Waals surface area contributed by atoms with Crippen LogP contribution < -0.4 is 20.1 Å². The van der Waals surface area contributed by atoms with Crippen LogP contribution in [0.15, 0.2) is 64.4 Å². The van der Waals surface area contributed by atoms with Crippen molar-refractivity contribution in [1.29, 1.82) is 0 Å². The summed E-state index contributed by atoms with van der Waals surface area (Å²) in [5, 5.41) is 8.09. The van der Waals surface area contributed by atoms with Gasteiger partial charge in [0.1, 0.15) is 24.5 Å². The summed E-state index contributed by atoms with van der Waals surface area (Å²) < 4.78 is 16.8. The molecule has 0 fully saturated rings. The topological polar surface area (TPSA) is 89.8 Å². The Morgan fingerprint density at radius 2 is 1.70 bits per heavy atom. The zero-order valence-electron chi connectivity index (χ0n) is 15.6. The zero-order valence-corrected chi connectivity index (χ0v) is 16.5. The SMILES string of the molecule is O=C(Nc1c(C(=O)Nc2ccc3c(c2)OCCO3)oc2ccccc12)c1cccs1. The van der Waals surface area contributed by atoms with Gasteiger partial charge in [0.05, 0.1) is 4.88 Å². The van der Waals surface area contributed by atoms with Gasteiger partial charge < -0.3 is 24.5 Å². The summed E-state index contributed by atoms with van der Waals surface area (Å²) in [6, 6.07) is 15.8. The van der Waals surface area contributed by atoms with E-state index in [1.807, 2.05) is 11.4 Å². The summed E-state index contributed by atoms with van der Waals surface area (Å²) in [5.41, 5.74) is 1.37. The van der Waals surface area contributed by atoms with Gasteiger partial charge in [-0.05, 0) is 35.7 Å². The Morgan fingerprint density at radius 3 is 2.53 bits per heavy atom. The number of amides is 2. The molecular formula is C22H16N2O5S. The van der Waals surface area contributed by atoms with Crippen molar-refractivity contribution in [3.8, 4) is 11.5 Å². The number of hydrogen-bond acceptors (Lipinski definition) is 6. The van der Waals surface area contributed by atoms with E-state index in [-0.39, 0.29) is 11.7 Å². The van der Waals surface area contributed by atoms with Crippen molar-refractivity contribution in [2.75, 3.05) is 23.8 Å². The molecular weight excluding hydrogens is 404 g/mol. The zero-order chi connectivity index (χ0) is 20.5. The van der Waals surface area contributed by atoms with Crippen molar-refractivity contribution < 1.29 is 23.5 Å². The second-order valence-electron chi connectivity index (χ2n) is 6.55. The molecule has 4 aromatic rings. The Bertz CT molecular complexity index is 1250. The fourth-order valence-corrected chi connectivity index (χ4v) is 3.84. The van der Waals surface area contributed by atoms with Gasteiger partial charge in [0.15, 0.2) is 11.5 Å². The molecule has 0 saturated carbocycles. The largest absolute Gasteiger partial charge is 0.486 e. The van der Waals surface area contributed by atoms with Crippen LogP contribution >= 0.6 is 11.3 Å².